The molecule has 1 aliphatic rings. The summed E-state index contributed by atoms with van der Waals surface area (Å²) >= 11 is 0. The summed E-state index contributed by atoms with van der Waals surface area (Å²) in [6.07, 6.45) is 1.85. The molecule has 2 atom stereocenters. The summed E-state index contributed by atoms with van der Waals surface area (Å²) in [4.78, 5) is 11.0. The minimum Gasteiger partial charge on any atom is -0.481 e. The molecule has 3 nitrogen and oxygen atoms in total. The Morgan fingerprint density at radius 2 is 1.94 bits per heavy atom. The number of carboxylic acids is 1. The predicted octanol–water partition coefficient (Wildman–Crippen LogP) is 2.84. The standard InChI is InChI=1S/C13H19NO2/c1-12(2,3)8(7-14)6-9-10(11(15)16)13(9,4)5/h6,9-10H,1-5H3,(H,15,16). The zero-order valence-electron chi connectivity index (χ0n) is 10.5. The van der Waals surface area contributed by atoms with Crippen LogP contribution in [0.15, 0.2) is 11.6 Å². The molecule has 3 heteroatoms. The van der Waals surface area contributed by atoms with Gasteiger partial charge in [0.05, 0.1) is 12.0 Å². The Kier molecular flexibility index (Phi) is 2.89. The second-order valence-corrected chi connectivity index (χ2v) is 6.11. The van der Waals surface area contributed by atoms with E-state index in [9.17, 15) is 4.79 Å². The molecule has 0 radical (unpaired) electrons. The van der Waals surface area contributed by atoms with Gasteiger partial charge in [0.2, 0.25) is 0 Å². The molecular formula is C13H19NO2. The molecule has 0 aromatic carbocycles. The van der Waals surface area contributed by atoms with Gasteiger partial charge in [-0.1, -0.05) is 40.7 Å². The average molecular weight is 221 g/mol. The van der Waals surface area contributed by atoms with Gasteiger partial charge >= 0.3 is 5.97 Å². The van der Waals surface area contributed by atoms with E-state index in [0.29, 0.717) is 5.57 Å². The molecule has 1 saturated carbocycles. The first-order chi connectivity index (χ1) is 7.12. The highest BCUT2D eigenvalue weighted by Gasteiger charge is 2.61. The topological polar surface area (TPSA) is 61.1 Å². The van der Waals surface area contributed by atoms with Crippen molar-refractivity contribution in [2.75, 3.05) is 0 Å². The van der Waals surface area contributed by atoms with Crippen LogP contribution >= 0.6 is 0 Å². The van der Waals surface area contributed by atoms with Crippen molar-refractivity contribution in [3.63, 3.8) is 0 Å². The molecule has 0 bridgehead atoms. The first-order valence-electron chi connectivity index (χ1n) is 5.47. The number of hydrogen-bond donors (Lipinski definition) is 1. The molecule has 0 amide bonds. The van der Waals surface area contributed by atoms with Crippen LogP contribution in [0, 0.1) is 34.0 Å². The lowest BCUT2D eigenvalue weighted by Gasteiger charge is -2.17. The lowest BCUT2D eigenvalue weighted by Crippen LogP contribution is -2.08. The van der Waals surface area contributed by atoms with E-state index in [1.165, 1.54) is 0 Å². The predicted molar refractivity (Wildman–Crippen MR) is 61.5 cm³/mol. The molecule has 0 aliphatic heterocycles. The van der Waals surface area contributed by atoms with Crippen molar-refractivity contribution in [1.82, 2.24) is 0 Å². The van der Waals surface area contributed by atoms with Gasteiger partial charge in [0.15, 0.2) is 0 Å². The molecule has 1 rings (SSSR count). The van der Waals surface area contributed by atoms with Crippen molar-refractivity contribution in [2.24, 2.45) is 22.7 Å². The normalized spacial score (nSPS) is 28.4. The smallest absolute Gasteiger partial charge is 0.307 e. The van der Waals surface area contributed by atoms with Crippen LogP contribution < -0.4 is 0 Å². The van der Waals surface area contributed by atoms with Gasteiger partial charge in [-0.2, -0.15) is 5.26 Å². The van der Waals surface area contributed by atoms with E-state index < -0.39 is 5.97 Å². The number of rotatable bonds is 2. The molecule has 1 aliphatic carbocycles. The van der Waals surface area contributed by atoms with E-state index in [-0.39, 0.29) is 22.7 Å². The number of allylic oxidation sites excluding steroid dienone is 2. The molecule has 2 unspecified atom stereocenters. The largest absolute Gasteiger partial charge is 0.481 e. The third-order valence-electron chi connectivity index (χ3n) is 3.45. The Bertz CT molecular complexity index is 380. The van der Waals surface area contributed by atoms with Gasteiger partial charge in [0.1, 0.15) is 0 Å². The summed E-state index contributed by atoms with van der Waals surface area (Å²) in [5, 5.41) is 18.1. The van der Waals surface area contributed by atoms with E-state index in [1.807, 2.05) is 40.7 Å². The maximum absolute atomic E-state index is 11.0. The second kappa shape index (κ2) is 3.62. The number of hydrogen-bond acceptors (Lipinski definition) is 2. The van der Waals surface area contributed by atoms with Gasteiger partial charge in [0, 0.05) is 5.57 Å². The van der Waals surface area contributed by atoms with Crippen molar-refractivity contribution < 1.29 is 9.90 Å². The third kappa shape index (κ3) is 2.11. The number of carbonyl (C=O) groups is 1. The Hall–Kier alpha value is -1.30. The van der Waals surface area contributed by atoms with Gasteiger partial charge in [-0.3, -0.25) is 4.79 Å². The molecule has 0 heterocycles. The zero-order valence-corrected chi connectivity index (χ0v) is 10.5. The quantitative estimate of drug-likeness (QED) is 0.729. The van der Waals surface area contributed by atoms with Crippen LogP contribution in [0.1, 0.15) is 34.6 Å². The minimum atomic E-state index is -0.766. The summed E-state index contributed by atoms with van der Waals surface area (Å²) in [7, 11) is 0. The van der Waals surface area contributed by atoms with Gasteiger partial charge in [0.25, 0.3) is 0 Å². The van der Waals surface area contributed by atoms with E-state index in [1.54, 1.807) is 0 Å². The maximum atomic E-state index is 11.0. The Balaban J connectivity index is 2.96. The van der Waals surface area contributed by atoms with Crippen molar-refractivity contribution in [1.29, 1.82) is 5.26 Å². The van der Waals surface area contributed by atoms with Crippen LogP contribution in [-0.2, 0) is 4.79 Å². The molecule has 1 fully saturated rings. The lowest BCUT2D eigenvalue weighted by molar-refractivity contribution is -0.139. The van der Waals surface area contributed by atoms with Crippen LogP contribution in [0.3, 0.4) is 0 Å². The first kappa shape index (κ1) is 12.8. The fourth-order valence-electron chi connectivity index (χ4n) is 2.09. The summed E-state index contributed by atoms with van der Waals surface area (Å²) in [5.41, 5.74) is 0.240. The van der Waals surface area contributed by atoms with Gasteiger partial charge in [-0.05, 0) is 16.7 Å². The van der Waals surface area contributed by atoms with Gasteiger partial charge in [-0.15, -0.1) is 0 Å². The molecule has 0 aromatic heterocycles. The van der Waals surface area contributed by atoms with Crippen LogP contribution in [0.25, 0.3) is 0 Å². The Morgan fingerprint density at radius 3 is 2.19 bits per heavy atom. The van der Waals surface area contributed by atoms with Crippen LogP contribution in [-0.4, -0.2) is 11.1 Å². The first-order valence-corrected chi connectivity index (χ1v) is 5.47. The summed E-state index contributed by atoms with van der Waals surface area (Å²) in [5.74, 6) is -1.13. The molecule has 0 spiro atoms. The Labute approximate surface area is 96.8 Å². The summed E-state index contributed by atoms with van der Waals surface area (Å²) < 4.78 is 0. The minimum absolute atomic E-state index is 0.0149. The number of nitrogens with zero attached hydrogens (tertiary/aromatic N) is 1. The number of nitriles is 1. The molecule has 88 valence electrons. The molecular weight excluding hydrogens is 202 g/mol. The van der Waals surface area contributed by atoms with Crippen LogP contribution in [0.2, 0.25) is 0 Å². The fourth-order valence-corrected chi connectivity index (χ4v) is 2.09. The highest BCUT2D eigenvalue weighted by molar-refractivity contribution is 5.76. The van der Waals surface area contributed by atoms with Gasteiger partial charge < -0.3 is 5.11 Å². The van der Waals surface area contributed by atoms with Crippen molar-refractivity contribution in [3.05, 3.63) is 11.6 Å². The number of aliphatic carboxylic acids is 1. The maximum Gasteiger partial charge on any atom is 0.307 e. The highest BCUT2D eigenvalue weighted by Crippen LogP contribution is 2.59. The summed E-state index contributed by atoms with van der Waals surface area (Å²) in [6.45, 7) is 9.77. The zero-order chi connectivity index (χ0) is 12.7. The van der Waals surface area contributed by atoms with E-state index in [4.69, 9.17) is 10.4 Å². The average Bonchev–Trinajstić information content (AvgIpc) is 2.61. The Morgan fingerprint density at radius 1 is 1.44 bits per heavy atom. The fraction of sp³-hybridized carbons (Fsp3) is 0.692. The highest BCUT2D eigenvalue weighted by atomic mass is 16.4. The van der Waals surface area contributed by atoms with Crippen molar-refractivity contribution in [2.45, 2.75) is 34.6 Å². The lowest BCUT2D eigenvalue weighted by atomic mass is 9.86. The molecule has 0 saturated heterocycles. The molecule has 1 N–H and O–H groups in total. The van der Waals surface area contributed by atoms with Gasteiger partial charge in [-0.25, -0.2) is 0 Å². The third-order valence-corrected chi connectivity index (χ3v) is 3.45. The van der Waals surface area contributed by atoms with E-state index >= 15 is 0 Å². The SMILES string of the molecule is CC(C)(C)C(C#N)=CC1C(C(=O)O)C1(C)C. The summed E-state index contributed by atoms with van der Waals surface area (Å²) in [6, 6.07) is 2.18. The second-order valence-electron chi connectivity index (χ2n) is 6.11. The van der Waals surface area contributed by atoms with Crippen molar-refractivity contribution >= 4 is 5.97 Å². The van der Waals surface area contributed by atoms with E-state index in [0.717, 1.165) is 0 Å². The monoisotopic (exact) mass is 221 g/mol. The van der Waals surface area contributed by atoms with Crippen LogP contribution in [0.4, 0.5) is 0 Å². The molecule has 16 heavy (non-hydrogen) atoms. The van der Waals surface area contributed by atoms with Crippen molar-refractivity contribution in [3.8, 4) is 6.07 Å². The number of carboxylic acid groups (broad SMARTS) is 1. The van der Waals surface area contributed by atoms with Crippen LogP contribution in [0.5, 0.6) is 0 Å². The molecule has 0 aromatic rings. The van der Waals surface area contributed by atoms with E-state index in [2.05, 4.69) is 6.07 Å².